The van der Waals surface area contributed by atoms with Crippen LogP contribution in [-0.2, 0) is 0 Å². The van der Waals surface area contributed by atoms with Gasteiger partial charge in [-0.3, -0.25) is 4.90 Å². The molecule has 2 unspecified atom stereocenters. The summed E-state index contributed by atoms with van der Waals surface area (Å²) in [6.07, 6.45) is 1.77. The summed E-state index contributed by atoms with van der Waals surface area (Å²) in [4.78, 5) is 2.25. The van der Waals surface area contributed by atoms with Gasteiger partial charge in [0.15, 0.2) is 0 Å². The van der Waals surface area contributed by atoms with Crippen LogP contribution in [0.25, 0.3) is 0 Å². The van der Waals surface area contributed by atoms with E-state index in [1.165, 1.54) is 5.56 Å². The van der Waals surface area contributed by atoms with Crippen molar-refractivity contribution in [3.63, 3.8) is 0 Å². The molecule has 2 atom stereocenters. The lowest BCUT2D eigenvalue weighted by atomic mass is 9.83. The second-order valence-corrected chi connectivity index (χ2v) is 7.38. The van der Waals surface area contributed by atoms with Gasteiger partial charge in [0.25, 0.3) is 0 Å². The summed E-state index contributed by atoms with van der Waals surface area (Å²) in [5, 5.41) is 11.0. The lowest BCUT2D eigenvalue weighted by Crippen LogP contribution is -2.57. The average molecular weight is 305 g/mol. The molecule has 3 nitrogen and oxygen atoms in total. The minimum Gasteiger partial charge on any atom is -0.486 e. The molecule has 0 bridgehead atoms. The van der Waals surface area contributed by atoms with Crippen molar-refractivity contribution >= 4 is 0 Å². The van der Waals surface area contributed by atoms with Gasteiger partial charge in [0.05, 0.1) is 6.04 Å². The number of hydrogen-bond donors (Lipinski definition) is 1. The Morgan fingerprint density at radius 2 is 2.00 bits per heavy atom. The van der Waals surface area contributed by atoms with Crippen LogP contribution in [0.1, 0.15) is 70.6 Å². The van der Waals surface area contributed by atoms with E-state index in [9.17, 15) is 5.11 Å². The molecular weight excluding hydrogens is 274 g/mol. The van der Waals surface area contributed by atoms with Gasteiger partial charge in [-0.25, -0.2) is 0 Å². The van der Waals surface area contributed by atoms with Gasteiger partial charge in [-0.05, 0) is 57.5 Å². The van der Waals surface area contributed by atoms with Gasteiger partial charge in [0.2, 0.25) is 0 Å². The normalized spacial score (nSPS) is 23.5. The first-order valence-corrected chi connectivity index (χ1v) is 8.49. The fourth-order valence-corrected chi connectivity index (χ4v) is 3.46. The molecule has 1 aliphatic heterocycles. The van der Waals surface area contributed by atoms with Gasteiger partial charge in [0.1, 0.15) is 17.5 Å². The fraction of sp³-hybridized carbons (Fsp3) is 0.684. The van der Waals surface area contributed by atoms with Gasteiger partial charge in [0, 0.05) is 5.56 Å². The van der Waals surface area contributed by atoms with Crippen molar-refractivity contribution in [3.05, 3.63) is 29.3 Å². The lowest BCUT2D eigenvalue weighted by Gasteiger charge is -2.47. The molecule has 0 fully saturated rings. The van der Waals surface area contributed by atoms with E-state index in [0.717, 1.165) is 30.7 Å². The van der Waals surface area contributed by atoms with Crippen LogP contribution in [0.3, 0.4) is 0 Å². The first kappa shape index (κ1) is 17.3. The third-order valence-corrected chi connectivity index (χ3v) is 4.74. The van der Waals surface area contributed by atoms with Crippen LogP contribution in [0, 0.1) is 0 Å². The summed E-state index contributed by atoms with van der Waals surface area (Å²) < 4.78 is 6.24. The number of rotatable bonds is 5. The highest BCUT2D eigenvalue weighted by Crippen LogP contribution is 2.42. The number of ether oxygens (including phenoxy) is 1. The molecule has 22 heavy (non-hydrogen) atoms. The van der Waals surface area contributed by atoms with Crippen molar-refractivity contribution in [2.45, 2.75) is 71.1 Å². The summed E-state index contributed by atoms with van der Waals surface area (Å²) in [5.41, 5.74) is 1.77. The number of likely N-dealkylation sites (N-methyl/N-ethyl adjacent to an activating group) is 1. The Labute approximate surface area is 135 Å². The van der Waals surface area contributed by atoms with E-state index in [1.54, 1.807) is 0 Å². The molecule has 0 radical (unpaired) electrons. The van der Waals surface area contributed by atoms with Crippen molar-refractivity contribution in [1.29, 1.82) is 0 Å². The molecule has 3 heteroatoms. The number of fused-ring (bicyclic) bond motifs is 1. The van der Waals surface area contributed by atoms with E-state index in [2.05, 4.69) is 58.7 Å². The minimum atomic E-state index is -0.515. The zero-order valence-corrected chi connectivity index (χ0v) is 14.9. The van der Waals surface area contributed by atoms with E-state index in [-0.39, 0.29) is 6.04 Å². The highest BCUT2D eigenvalue weighted by Gasteiger charge is 2.45. The molecule has 0 saturated carbocycles. The predicted molar refractivity (Wildman–Crippen MR) is 91.5 cm³/mol. The van der Waals surface area contributed by atoms with Crippen LogP contribution in [0.2, 0.25) is 0 Å². The quantitative estimate of drug-likeness (QED) is 0.888. The topological polar surface area (TPSA) is 32.7 Å². The molecule has 0 amide bonds. The van der Waals surface area contributed by atoms with Crippen LogP contribution in [0.15, 0.2) is 18.2 Å². The number of aliphatic hydroxyl groups is 1. The molecule has 1 aliphatic rings. The Bertz CT molecular complexity index is 510. The first-order chi connectivity index (χ1) is 10.3. The number of nitrogens with zero attached hydrogens (tertiary/aromatic N) is 1. The largest absolute Gasteiger partial charge is 0.486 e. The van der Waals surface area contributed by atoms with E-state index in [4.69, 9.17) is 4.74 Å². The Balaban J connectivity index is 2.35. The molecule has 124 valence electrons. The number of hydrogen-bond acceptors (Lipinski definition) is 3. The lowest BCUT2D eigenvalue weighted by molar-refractivity contribution is -0.0750. The first-order valence-electron chi connectivity index (χ1n) is 8.49. The van der Waals surface area contributed by atoms with Crippen molar-refractivity contribution < 1.29 is 9.84 Å². The monoisotopic (exact) mass is 305 g/mol. The maximum Gasteiger partial charge on any atom is 0.126 e. The van der Waals surface area contributed by atoms with Gasteiger partial charge >= 0.3 is 0 Å². The zero-order valence-electron chi connectivity index (χ0n) is 14.9. The number of aliphatic hydroxyl groups excluding tert-OH is 1. The number of unbranched alkanes of at least 4 members (excludes halogenated alkanes) is 1. The predicted octanol–water partition coefficient (Wildman–Crippen LogP) is 4.11. The molecule has 1 aromatic rings. The van der Waals surface area contributed by atoms with E-state index in [1.807, 2.05) is 6.07 Å². The molecule has 0 aromatic heterocycles. The molecular formula is C19H31NO2. The van der Waals surface area contributed by atoms with Gasteiger partial charge in [-0.2, -0.15) is 0 Å². The van der Waals surface area contributed by atoms with Crippen LogP contribution in [0.5, 0.6) is 5.75 Å². The zero-order chi connectivity index (χ0) is 16.5. The van der Waals surface area contributed by atoms with Gasteiger partial charge in [-0.1, -0.05) is 33.3 Å². The van der Waals surface area contributed by atoms with Crippen molar-refractivity contribution in [2.75, 3.05) is 13.6 Å². The third kappa shape index (κ3) is 3.31. The van der Waals surface area contributed by atoms with Crippen molar-refractivity contribution in [2.24, 2.45) is 0 Å². The molecule has 2 rings (SSSR count). The van der Waals surface area contributed by atoms with Crippen LogP contribution in [0.4, 0.5) is 0 Å². The van der Waals surface area contributed by atoms with Crippen molar-refractivity contribution in [1.82, 2.24) is 4.90 Å². The average Bonchev–Trinajstić information content (AvgIpc) is 2.43. The minimum absolute atomic E-state index is 0.0334. The maximum absolute atomic E-state index is 11.0. The smallest absolute Gasteiger partial charge is 0.126 e. The SMILES string of the molecule is CCCCN(C)C1C(O)c2cc(C(C)C)ccc2OC1(C)C. The van der Waals surface area contributed by atoms with Gasteiger partial charge < -0.3 is 9.84 Å². The number of benzene rings is 1. The van der Waals surface area contributed by atoms with Crippen LogP contribution < -0.4 is 4.74 Å². The second-order valence-electron chi connectivity index (χ2n) is 7.38. The van der Waals surface area contributed by atoms with E-state index >= 15 is 0 Å². The molecule has 0 saturated heterocycles. The Morgan fingerprint density at radius 3 is 2.59 bits per heavy atom. The van der Waals surface area contributed by atoms with Crippen LogP contribution >= 0.6 is 0 Å². The summed E-state index contributed by atoms with van der Waals surface area (Å²) in [7, 11) is 2.09. The summed E-state index contributed by atoms with van der Waals surface area (Å²) >= 11 is 0. The maximum atomic E-state index is 11.0. The second kappa shape index (κ2) is 6.59. The summed E-state index contributed by atoms with van der Waals surface area (Å²) in [6.45, 7) is 11.7. The summed E-state index contributed by atoms with van der Waals surface area (Å²) in [6, 6.07) is 6.19. The molecule has 0 aliphatic carbocycles. The third-order valence-electron chi connectivity index (χ3n) is 4.74. The van der Waals surface area contributed by atoms with Crippen molar-refractivity contribution in [3.8, 4) is 5.75 Å². The molecule has 1 N–H and O–H groups in total. The standard InChI is InChI=1S/C19H31NO2/c1-7-8-11-20(6)18-17(21)15-12-14(13(2)3)9-10-16(15)22-19(18,4)5/h9-10,12-13,17-18,21H,7-8,11H2,1-6H3. The Morgan fingerprint density at radius 1 is 1.32 bits per heavy atom. The highest BCUT2D eigenvalue weighted by molar-refractivity contribution is 5.43. The van der Waals surface area contributed by atoms with E-state index < -0.39 is 11.7 Å². The highest BCUT2D eigenvalue weighted by atomic mass is 16.5. The van der Waals surface area contributed by atoms with Gasteiger partial charge in [-0.15, -0.1) is 0 Å². The molecule has 1 heterocycles. The molecule has 0 spiro atoms. The Hall–Kier alpha value is -1.06. The fourth-order valence-electron chi connectivity index (χ4n) is 3.46. The molecule has 1 aromatic carbocycles. The van der Waals surface area contributed by atoms with Crippen LogP contribution in [-0.4, -0.2) is 35.2 Å². The van der Waals surface area contributed by atoms with E-state index in [0.29, 0.717) is 5.92 Å². The Kier molecular flexibility index (Phi) is 5.18. The summed E-state index contributed by atoms with van der Waals surface area (Å²) in [5.74, 6) is 1.27.